The molecule has 1 aromatic carbocycles. The van der Waals surface area contributed by atoms with Gasteiger partial charge in [0.25, 0.3) is 0 Å². The molecule has 1 rings (SSSR count). The van der Waals surface area contributed by atoms with E-state index in [9.17, 15) is 0 Å². The second-order valence-corrected chi connectivity index (χ2v) is 4.95. The van der Waals surface area contributed by atoms with Crippen molar-refractivity contribution in [2.24, 2.45) is 4.99 Å². The minimum absolute atomic E-state index is 0. The topological polar surface area (TPSA) is 45.7 Å². The average Bonchev–Trinajstić information content (AvgIpc) is 2.43. The number of halogens is 1. The van der Waals surface area contributed by atoms with Crippen molar-refractivity contribution in [3.8, 4) is 0 Å². The fourth-order valence-electron chi connectivity index (χ4n) is 1.72. The van der Waals surface area contributed by atoms with Gasteiger partial charge in [-0.15, -0.1) is 24.0 Å². The van der Waals surface area contributed by atoms with Gasteiger partial charge >= 0.3 is 0 Å². The first-order valence-electron chi connectivity index (χ1n) is 7.36. The third-order valence-corrected chi connectivity index (χ3v) is 2.69. The van der Waals surface area contributed by atoms with E-state index in [0.29, 0.717) is 19.2 Å². The zero-order valence-corrected chi connectivity index (χ0v) is 15.8. The molecule has 0 aliphatic carbocycles. The second kappa shape index (κ2) is 11.8. The summed E-state index contributed by atoms with van der Waals surface area (Å²) in [5, 5.41) is 6.55. The van der Waals surface area contributed by atoms with Crippen LogP contribution in [0.3, 0.4) is 0 Å². The molecule has 0 atom stereocenters. The van der Waals surface area contributed by atoms with Gasteiger partial charge in [-0.1, -0.05) is 24.3 Å². The lowest BCUT2D eigenvalue weighted by Crippen LogP contribution is -2.40. The molecule has 0 radical (unpaired) electrons. The molecule has 0 saturated heterocycles. The molecule has 5 heteroatoms. The highest BCUT2D eigenvalue weighted by molar-refractivity contribution is 14.0. The molecule has 0 unspecified atom stereocenters. The highest BCUT2D eigenvalue weighted by Gasteiger charge is 2.00. The predicted octanol–water partition coefficient (Wildman–Crippen LogP) is 3.30. The van der Waals surface area contributed by atoms with E-state index < -0.39 is 0 Å². The maximum absolute atomic E-state index is 5.39. The lowest BCUT2D eigenvalue weighted by atomic mass is 10.1. The van der Waals surface area contributed by atoms with E-state index in [1.165, 1.54) is 11.1 Å². The van der Waals surface area contributed by atoms with Gasteiger partial charge in [-0.05, 0) is 38.8 Å². The number of guanidine groups is 1. The molecule has 1 aromatic rings. The van der Waals surface area contributed by atoms with Gasteiger partial charge in [0.2, 0.25) is 0 Å². The van der Waals surface area contributed by atoms with E-state index in [4.69, 9.17) is 4.74 Å². The number of ether oxygens (including phenoxy) is 1. The summed E-state index contributed by atoms with van der Waals surface area (Å²) >= 11 is 0. The van der Waals surface area contributed by atoms with Gasteiger partial charge < -0.3 is 15.4 Å². The van der Waals surface area contributed by atoms with Crippen LogP contribution >= 0.6 is 24.0 Å². The van der Waals surface area contributed by atoms with Crippen LogP contribution < -0.4 is 10.6 Å². The maximum atomic E-state index is 5.39. The normalized spacial score (nSPS) is 11.2. The number of rotatable bonds is 7. The van der Waals surface area contributed by atoms with Crippen molar-refractivity contribution < 1.29 is 4.74 Å². The van der Waals surface area contributed by atoms with Crippen molar-refractivity contribution in [2.45, 2.75) is 46.9 Å². The van der Waals surface area contributed by atoms with Gasteiger partial charge in [0.15, 0.2) is 5.96 Å². The van der Waals surface area contributed by atoms with Crippen molar-refractivity contribution >= 4 is 29.9 Å². The molecule has 0 aromatic heterocycles. The van der Waals surface area contributed by atoms with Gasteiger partial charge in [0.1, 0.15) is 0 Å². The molecule has 0 aliphatic heterocycles. The van der Waals surface area contributed by atoms with Crippen LogP contribution in [-0.2, 0) is 17.9 Å². The Kier molecular flexibility index (Phi) is 11.3. The van der Waals surface area contributed by atoms with Crippen LogP contribution in [0, 0.1) is 0 Å². The Hall–Kier alpha value is -0.820. The van der Waals surface area contributed by atoms with Gasteiger partial charge in [-0.3, -0.25) is 0 Å². The Morgan fingerprint density at radius 3 is 2.29 bits per heavy atom. The minimum atomic E-state index is 0. The SMILES string of the molecule is CCNC(=NCc1ccc(COCC)cc1)NC(C)C.I. The zero-order valence-electron chi connectivity index (χ0n) is 13.5. The summed E-state index contributed by atoms with van der Waals surface area (Å²) in [6.07, 6.45) is 0. The molecule has 0 heterocycles. The highest BCUT2D eigenvalue weighted by Crippen LogP contribution is 2.07. The standard InChI is InChI=1S/C16H27N3O.HI/c1-5-17-16(19-13(3)4)18-11-14-7-9-15(10-8-14)12-20-6-2;/h7-10,13H,5-6,11-12H2,1-4H3,(H2,17,18,19);1H. The molecular weight excluding hydrogens is 377 g/mol. The van der Waals surface area contributed by atoms with Crippen molar-refractivity contribution in [2.75, 3.05) is 13.2 Å². The largest absolute Gasteiger partial charge is 0.377 e. The first-order valence-corrected chi connectivity index (χ1v) is 7.36. The number of aliphatic imine (C=N–C) groups is 1. The van der Waals surface area contributed by atoms with Gasteiger partial charge in [0, 0.05) is 19.2 Å². The van der Waals surface area contributed by atoms with Crippen molar-refractivity contribution in [1.82, 2.24) is 10.6 Å². The number of hydrogen-bond acceptors (Lipinski definition) is 2. The Bertz CT molecular complexity index is 404. The molecule has 120 valence electrons. The Balaban J connectivity index is 0.00000400. The summed E-state index contributed by atoms with van der Waals surface area (Å²) in [4.78, 5) is 4.58. The quantitative estimate of drug-likeness (QED) is 0.416. The summed E-state index contributed by atoms with van der Waals surface area (Å²) in [6.45, 7) is 11.3. The van der Waals surface area contributed by atoms with E-state index in [1.54, 1.807) is 0 Å². The van der Waals surface area contributed by atoms with Gasteiger partial charge in [0.05, 0.1) is 13.2 Å². The molecule has 0 spiro atoms. The molecule has 0 amide bonds. The van der Waals surface area contributed by atoms with Crippen LogP contribution in [0.5, 0.6) is 0 Å². The summed E-state index contributed by atoms with van der Waals surface area (Å²) in [6, 6.07) is 8.79. The number of nitrogens with one attached hydrogen (secondary N) is 2. The van der Waals surface area contributed by atoms with E-state index in [0.717, 1.165) is 19.1 Å². The van der Waals surface area contributed by atoms with Crippen LogP contribution in [0.25, 0.3) is 0 Å². The lowest BCUT2D eigenvalue weighted by Gasteiger charge is -2.14. The molecule has 4 nitrogen and oxygen atoms in total. The van der Waals surface area contributed by atoms with E-state index in [2.05, 4.69) is 60.7 Å². The lowest BCUT2D eigenvalue weighted by molar-refractivity contribution is 0.134. The zero-order chi connectivity index (χ0) is 14.8. The van der Waals surface area contributed by atoms with Crippen LogP contribution in [0.15, 0.2) is 29.3 Å². The first-order chi connectivity index (χ1) is 9.65. The molecule has 21 heavy (non-hydrogen) atoms. The van der Waals surface area contributed by atoms with Crippen molar-refractivity contribution in [3.05, 3.63) is 35.4 Å². The fourth-order valence-corrected chi connectivity index (χ4v) is 1.72. The molecule has 0 bridgehead atoms. The summed E-state index contributed by atoms with van der Waals surface area (Å²) < 4.78 is 5.39. The van der Waals surface area contributed by atoms with Crippen molar-refractivity contribution in [1.29, 1.82) is 0 Å². The smallest absolute Gasteiger partial charge is 0.191 e. The van der Waals surface area contributed by atoms with Crippen LogP contribution in [0.1, 0.15) is 38.8 Å². The molecular formula is C16H28IN3O. The summed E-state index contributed by atoms with van der Waals surface area (Å²) in [5.74, 6) is 0.862. The number of nitrogens with zero attached hydrogens (tertiary/aromatic N) is 1. The van der Waals surface area contributed by atoms with Crippen LogP contribution in [-0.4, -0.2) is 25.2 Å². The molecule has 0 fully saturated rings. The Labute approximate surface area is 145 Å². The predicted molar refractivity (Wildman–Crippen MR) is 100 cm³/mol. The van der Waals surface area contributed by atoms with Crippen molar-refractivity contribution in [3.63, 3.8) is 0 Å². The number of benzene rings is 1. The summed E-state index contributed by atoms with van der Waals surface area (Å²) in [5.41, 5.74) is 2.40. The van der Waals surface area contributed by atoms with E-state index >= 15 is 0 Å². The molecule has 0 saturated carbocycles. The Morgan fingerprint density at radius 2 is 1.76 bits per heavy atom. The Morgan fingerprint density at radius 1 is 1.14 bits per heavy atom. The third-order valence-electron chi connectivity index (χ3n) is 2.69. The maximum Gasteiger partial charge on any atom is 0.191 e. The van der Waals surface area contributed by atoms with Crippen LogP contribution in [0.4, 0.5) is 0 Å². The van der Waals surface area contributed by atoms with E-state index in [-0.39, 0.29) is 24.0 Å². The molecule has 0 aliphatic rings. The van der Waals surface area contributed by atoms with Gasteiger partial charge in [-0.25, -0.2) is 4.99 Å². The van der Waals surface area contributed by atoms with Gasteiger partial charge in [-0.2, -0.15) is 0 Å². The number of hydrogen-bond donors (Lipinski definition) is 2. The fraction of sp³-hybridized carbons (Fsp3) is 0.562. The monoisotopic (exact) mass is 405 g/mol. The third kappa shape index (κ3) is 8.93. The minimum Gasteiger partial charge on any atom is -0.377 e. The second-order valence-electron chi connectivity index (χ2n) is 4.95. The van der Waals surface area contributed by atoms with Crippen LogP contribution in [0.2, 0.25) is 0 Å². The average molecular weight is 405 g/mol. The van der Waals surface area contributed by atoms with E-state index in [1.807, 2.05) is 6.92 Å². The first kappa shape index (κ1) is 20.2. The highest BCUT2D eigenvalue weighted by atomic mass is 127. The summed E-state index contributed by atoms with van der Waals surface area (Å²) in [7, 11) is 0. The molecule has 2 N–H and O–H groups in total.